The third kappa shape index (κ3) is 17.8. The van der Waals surface area contributed by atoms with Gasteiger partial charge in [-0.1, -0.05) is 68.7 Å². The number of aliphatic hydroxyl groups is 1. The zero-order valence-corrected chi connectivity index (χ0v) is 31.5. The van der Waals surface area contributed by atoms with Crippen molar-refractivity contribution in [3.8, 4) is 0 Å². The molecule has 13 heteroatoms. The Kier molecular flexibility index (Phi) is 22.9. The predicted octanol–water partition coefficient (Wildman–Crippen LogP) is 4.63. The highest BCUT2D eigenvalue weighted by Crippen LogP contribution is 2.17. The van der Waals surface area contributed by atoms with Crippen LogP contribution in [0.5, 0.6) is 0 Å². The molecule has 0 saturated heterocycles. The molecule has 0 aliphatic heterocycles. The second-order valence-electron chi connectivity index (χ2n) is 12.8. The SMILES string of the molecule is CC.CCC(C)CNC(=O)[C@@H](NC(=O)[C@H](C)C[C@H](O)[C@H](CC(C)C)NC(=O)[C@H](CCCSC)NC(=O)OCn1nccc1C)C(C)C. The van der Waals surface area contributed by atoms with Crippen LogP contribution in [-0.2, 0) is 25.9 Å². The molecular formula is C34H64N6O6S. The zero-order chi connectivity index (χ0) is 36.1. The average molecular weight is 685 g/mol. The number of aryl methyl sites for hydroxylation is 1. The molecule has 12 nitrogen and oxygen atoms in total. The van der Waals surface area contributed by atoms with Crippen LogP contribution in [0.15, 0.2) is 12.3 Å². The first-order chi connectivity index (χ1) is 22.2. The molecular weight excluding hydrogens is 620 g/mol. The smallest absolute Gasteiger partial charge is 0.409 e. The summed E-state index contributed by atoms with van der Waals surface area (Å²) in [5, 5.41) is 26.7. The van der Waals surface area contributed by atoms with Gasteiger partial charge in [0.2, 0.25) is 17.7 Å². The van der Waals surface area contributed by atoms with Gasteiger partial charge in [-0.05, 0) is 68.4 Å². The van der Waals surface area contributed by atoms with Gasteiger partial charge in [-0.15, -0.1) is 0 Å². The summed E-state index contributed by atoms with van der Waals surface area (Å²) in [6, 6.07) is -0.428. The fraction of sp³-hybridized carbons (Fsp3) is 0.794. The van der Waals surface area contributed by atoms with E-state index in [1.165, 1.54) is 4.68 Å². The minimum Gasteiger partial charge on any atom is -0.426 e. The molecule has 0 radical (unpaired) electrons. The number of thioether (sulfide) groups is 1. The van der Waals surface area contributed by atoms with Crippen LogP contribution in [-0.4, -0.2) is 81.5 Å². The van der Waals surface area contributed by atoms with E-state index < -0.39 is 42.1 Å². The highest BCUT2D eigenvalue weighted by molar-refractivity contribution is 7.98. The average Bonchev–Trinajstić information content (AvgIpc) is 3.44. The number of aromatic nitrogens is 2. The number of alkyl carbamates (subject to hydrolysis) is 1. The number of carbonyl (C=O) groups is 4. The second kappa shape index (κ2) is 24.4. The maximum Gasteiger partial charge on any atom is 0.409 e. The van der Waals surface area contributed by atoms with Crippen LogP contribution in [0.25, 0.3) is 0 Å². The molecule has 1 rings (SSSR count). The zero-order valence-electron chi connectivity index (χ0n) is 30.7. The number of nitrogens with zero attached hydrogens (tertiary/aromatic N) is 2. The van der Waals surface area contributed by atoms with Crippen molar-refractivity contribution >= 4 is 35.6 Å². The molecule has 6 atom stereocenters. The molecule has 1 aromatic rings. The summed E-state index contributed by atoms with van der Waals surface area (Å²) in [6.07, 6.45) is 4.37. The van der Waals surface area contributed by atoms with E-state index in [0.717, 1.165) is 17.9 Å². The van der Waals surface area contributed by atoms with Crippen LogP contribution >= 0.6 is 11.8 Å². The van der Waals surface area contributed by atoms with E-state index in [0.29, 0.717) is 31.7 Å². The van der Waals surface area contributed by atoms with E-state index in [1.807, 2.05) is 54.7 Å². The van der Waals surface area contributed by atoms with Gasteiger partial charge in [0.1, 0.15) is 12.1 Å². The predicted molar refractivity (Wildman–Crippen MR) is 190 cm³/mol. The van der Waals surface area contributed by atoms with Crippen molar-refractivity contribution in [2.45, 2.75) is 132 Å². The molecule has 0 aromatic carbocycles. The first-order valence-corrected chi connectivity index (χ1v) is 18.6. The Morgan fingerprint density at radius 1 is 0.979 bits per heavy atom. The Balaban J connectivity index is 0.0000104. The van der Waals surface area contributed by atoms with E-state index >= 15 is 0 Å². The lowest BCUT2D eigenvalue weighted by Gasteiger charge is -2.30. The van der Waals surface area contributed by atoms with E-state index in [4.69, 9.17) is 4.74 Å². The maximum atomic E-state index is 13.5. The molecule has 0 fully saturated rings. The summed E-state index contributed by atoms with van der Waals surface area (Å²) in [7, 11) is 0. The third-order valence-electron chi connectivity index (χ3n) is 7.83. The fourth-order valence-electron chi connectivity index (χ4n) is 4.63. The molecule has 4 amide bonds. The Morgan fingerprint density at radius 2 is 1.64 bits per heavy atom. The van der Waals surface area contributed by atoms with Crippen LogP contribution in [0, 0.1) is 30.6 Å². The third-order valence-corrected chi connectivity index (χ3v) is 8.52. The van der Waals surface area contributed by atoms with Gasteiger partial charge in [0.05, 0.1) is 12.1 Å². The van der Waals surface area contributed by atoms with Crippen molar-refractivity contribution in [2.75, 3.05) is 18.6 Å². The van der Waals surface area contributed by atoms with Crippen molar-refractivity contribution in [3.63, 3.8) is 0 Å². The molecule has 47 heavy (non-hydrogen) atoms. The van der Waals surface area contributed by atoms with Crippen LogP contribution in [0.2, 0.25) is 0 Å². The molecule has 0 aliphatic rings. The lowest BCUT2D eigenvalue weighted by Crippen LogP contribution is -2.54. The molecule has 1 heterocycles. The second-order valence-corrected chi connectivity index (χ2v) is 13.8. The van der Waals surface area contributed by atoms with Gasteiger partial charge in [0, 0.05) is 24.4 Å². The minimum absolute atomic E-state index is 0.0820. The molecule has 0 bridgehead atoms. The number of amides is 4. The van der Waals surface area contributed by atoms with Crippen molar-refractivity contribution in [1.29, 1.82) is 0 Å². The highest BCUT2D eigenvalue weighted by Gasteiger charge is 2.31. The van der Waals surface area contributed by atoms with Gasteiger partial charge in [-0.2, -0.15) is 16.9 Å². The Morgan fingerprint density at radius 3 is 2.17 bits per heavy atom. The number of rotatable bonds is 21. The molecule has 5 N–H and O–H groups in total. The normalized spacial score (nSPS) is 14.9. The van der Waals surface area contributed by atoms with Gasteiger partial charge in [-0.25, -0.2) is 9.48 Å². The fourth-order valence-corrected chi connectivity index (χ4v) is 5.09. The summed E-state index contributed by atoms with van der Waals surface area (Å²) in [5.41, 5.74) is 0.829. The molecule has 0 spiro atoms. The minimum atomic E-state index is -1.03. The van der Waals surface area contributed by atoms with Gasteiger partial charge in [-0.3, -0.25) is 14.4 Å². The van der Waals surface area contributed by atoms with Crippen molar-refractivity contribution in [1.82, 2.24) is 31.0 Å². The topological polar surface area (TPSA) is 164 Å². The monoisotopic (exact) mass is 684 g/mol. The maximum absolute atomic E-state index is 13.5. The summed E-state index contributed by atoms with van der Waals surface area (Å²) in [4.78, 5) is 52.0. The molecule has 0 saturated carbocycles. The number of carbonyl (C=O) groups excluding carboxylic acids is 4. The standard InChI is InChI=1S/C32H58N6O6S.C2H6/c1-10-22(6)18-33-31(42)28(21(4)5)37-29(40)23(7)17-27(39)26(16-20(2)3)35-30(41)25(12-11-15-45-9)36-32(43)44-19-38-24(8)13-14-34-38;1-2/h13-14,20-23,25-28,39H,10-12,15-19H2,1-9H3,(H,33,42)(H,35,41)(H,36,43)(H,37,40);1-2H3/t22?,23-,25+,26+,27+,28+;/m1./s1. The quantitative estimate of drug-likeness (QED) is 0.117. The summed E-state index contributed by atoms with van der Waals surface area (Å²) >= 11 is 1.64. The van der Waals surface area contributed by atoms with Crippen molar-refractivity contribution in [3.05, 3.63) is 18.0 Å². The lowest BCUT2D eigenvalue weighted by atomic mass is 9.91. The van der Waals surface area contributed by atoms with Crippen LogP contribution in [0.3, 0.4) is 0 Å². The van der Waals surface area contributed by atoms with Gasteiger partial charge >= 0.3 is 6.09 Å². The first kappa shape index (κ1) is 44.2. The van der Waals surface area contributed by atoms with Crippen LogP contribution in [0.4, 0.5) is 4.79 Å². The van der Waals surface area contributed by atoms with Crippen LogP contribution < -0.4 is 21.3 Å². The number of ether oxygens (including phenoxy) is 1. The van der Waals surface area contributed by atoms with Gasteiger partial charge in [0.25, 0.3) is 0 Å². The summed E-state index contributed by atoms with van der Waals surface area (Å²) < 4.78 is 6.82. The number of hydrogen-bond acceptors (Lipinski definition) is 8. The first-order valence-electron chi connectivity index (χ1n) is 17.2. The highest BCUT2D eigenvalue weighted by atomic mass is 32.2. The van der Waals surface area contributed by atoms with Crippen LogP contribution in [0.1, 0.15) is 100 Å². The van der Waals surface area contributed by atoms with E-state index in [-0.39, 0.29) is 36.8 Å². The van der Waals surface area contributed by atoms with E-state index in [2.05, 4.69) is 40.2 Å². The number of nitrogens with one attached hydrogen (secondary N) is 4. The van der Waals surface area contributed by atoms with Crippen molar-refractivity contribution < 1.29 is 29.0 Å². The Bertz CT molecular complexity index is 1050. The van der Waals surface area contributed by atoms with Crippen molar-refractivity contribution in [2.24, 2.45) is 23.7 Å². The number of aliphatic hydroxyl groups excluding tert-OH is 1. The van der Waals surface area contributed by atoms with Gasteiger partial charge < -0.3 is 31.1 Å². The van der Waals surface area contributed by atoms with E-state index in [9.17, 15) is 24.3 Å². The molecule has 272 valence electrons. The summed E-state index contributed by atoms with van der Waals surface area (Å²) in [5.74, 6) is -0.459. The van der Waals surface area contributed by atoms with E-state index in [1.54, 1.807) is 30.9 Å². The Labute approximate surface area is 287 Å². The van der Waals surface area contributed by atoms with Gasteiger partial charge in [0.15, 0.2) is 6.73 Å². The molecule has 1 aromatic heterocycles. The molecule has 1 unspecified atom stereocenters. The lowest BCUT2D eigenvalue weighted by molar-refractivity contribution is -0.132. The largest absolute Gasteiger partial charge is 0.426 e. The number of hydrogen-bond donors (Lipinski definition) is 5. The summed E-state index contributed by atoms with van der Waals surface area (Å²) in [6.45, 7) is 19.8. The Hall–Kier alpha value is -2.80. The molecule has 0 aliphatic carbocycles.